The quantitative estimate of drug-likeness (QED) is 0.0279. The lowest BCUT2D eigenvalue weighted by Crippen LogP contribution is -2.37. The Bertz CT molecular complexity index is 7040. The van der Waals surface area contributed by atoms with E-state index in [2.05, 4.69) is 56.5 Å². The van der Waals surface area contributed by atoms with E-state index < -0.39 is 0 Å². The van der Waals surface area contributed by atoms with Gasteiger partial charge >= 0.3 is 0 Å². The number of hydrogen-bond donors (Lipinski definition) is 5. The van der Waals surface area contributed by atoms with Gasteiger partial charge in [-0.3, -0.25) is 53.9 Å². The predicted molar refractivity (Wildman–Crippen MR) is 546 cm³/mol. The van der Waals surface area contributed by atoms with Gasteiger partial charge in [0.15, 0.2) is 46.0 Å². The Balaban J connectivity index is 0.000000129. The van der Waals surface area contributed by atoms with Crippen LogP contribution in [0.3, 0.4) is 0 Å². The first kappa shape index (κ1) is 99.5. The topological polar surface area (TPSA) is 361 Å². The summed E-state index contributed by atoms with van der Waals surface area (Å²) in [5, 5.41) is 19.1. The first-order valence-corrected chi connectivity index (χ1v) is 47.2. The molecule has 0 bridgehead atoms. The van der Waals surface area contributed by atoms with Crippen molar-refractivity contribution in [1.82, 2.24) is 56.5 Å². The lowest BCUT2D eigenvalue weighted by Gasteiger charge is -2.23. The number of aromatic nitrogens is 6. The summed E-state index contributed by atoms with van der Waals surface area (Å²) in [5.74, 6) is 11.3. The van der Waals surface area contributed by atoms with Gasteiger partial charge < -0.3 is 97.6 Å². The smallest absolute Gasteiger partial charge is 0.220 e. The van der Waals surface area contributed by atoms with E-state index in [1.807, 2.05) is 214 Å². The van der Waals surface area contributed by atoms with Crippen LogP contribution in [0.25, 0.3) is 110 Å². The van der Waals surface area contributed by atoms with Crippen LogP contribution in [0, 0.1) is 29.6 Å². The van der Waals surface area contributed by atoms with Gasteiger partial charge in [-0.05, 0) is 247 Å². The van der Waals surface area contributed by atoms with Crippen LogP contribution in [0.1, 0.15) is 52.4 Å². The van der Waals surface area contributed by atoms with Crippen molar-refractivity contribution in [2.24, 2.45) is 29.6 Å². The molecule has 31 heteroatoms. The minimum atomic E-state index is -0.0991. The summed E-state index contributed by atoms with van der Waals surface area (Å²) in [6.07, 6.45) is 13.8. The molecule has 0 saturated carbocycles. The first-order valence-electron chi connectivity index (χ1n) is 47.2. The van der Waals surface area contributed by atoms with Gasteiger partial charge in [0.1, 0.15) is 41.0 Å². The average molecular weight is 1940 g/mol. The van der Waals surface area contributed by atoms with Gasteiger partial charge in [0, 0.05) is 164 Å². The molecule has 7 atom stereocenters. The van der Waals surface area contributed by atoms with E-state index >= 15 is 0 Å². The van der Waals surface area contributed by atoms with Crippen LogP contribution in [0.4, 0.5) is 0 Å². The van der Waals surface area contributed by atoms with E-state index in [0.717, 1.165) is 145 Å². The van der Waals surface area contributed by atoms with Gasteiger partial charge in [0.2, 0.25) is 41.0 Å². The molecule has 738 valence electrons. The van der Waals surface area contributed by atoms with E-state index in [9.17, 15) is 24.0 Å². The van der Waals surface area contributed by atoms with Crippen molar-refractivity contribution in [3.8, 4) is 142 Å². The van der Waals surface area contributed by atoms with Crippen LogP contribution in [0.15, 0.2) is 237 Å². The Morgan fingerprint density at radius 1 is 0.266 bits per heavy atom. The Kier molecular flexibility index (Phi) is 32.7. The van der Waals surface area contributed by atoms with Gasteiger partial charge in [-0.15, -0.1) is 0 Å². The lowest BCUT2D eigenvalue weighted by atomic mass is 10.00. The number of piperidine rings is 1. The summed E-state index contributed by atoms with van der Waals surface area (Å²) in [4.78, 5) is 84.3. The van der Waals surface area contributed by atoms with Gasteiger partial charge in [-0.25, -0.2) is 0 Å². The summed E-state index contributed by atoms with van der Waals surface area (Å²) in [6.45, 7) is 8.74. The fourth-order valence-corrected chi connectivity index (χ4v) is 17.8. The molecule has 31 nitrogen and oxygen atoms in total. The molecule has 1 unspecified atom stereocenters. The minimum Gasteiger partial charge on any atom is -0.493 e. The molecule has 15 aromatic rings. The largest absolute Gasteiger partial charge is 0.493 e. The summed E-state index contributed by atoms with van der Waals surface area (Å²) >= 11 is 0. The van der Waals surface area contributed by atoms with Crippen LogP contribution >= 0.6 is 0 Å². The molecular weight excluding hydrogens is 1820 g/mol. The monoisotopic (exact) mass is 1930 g/mol. The number of rotatable bonds is 30. The molecule has 5 fully saturated rings. The zero-order valence-electron chi connectivity index (χ0n) is 81.8. The molecule has 6 aromatic heterocycles. The molecule has 9 aromatic carbocycles. The second-order valence-electron chi connectivity index (χ2n) is 35.0. The van der Waals surface area contributed by atoms with Crippen LogP contribution in [0.5, 0.6) is 86.2 Å². The number of nitrogens with one attached hydrogen (secondary N) is 5. The SMILES string of the molecule is COc1cc(-c2cc(OCC3CCC(=O)NC3)c3cccnc3c2)cc(OC)c1OC.COc1cc(-c2cc(OC[C@H]3CNC(=O)C3)c3cccnc3c2)cc(OC)c1OC.COc1ccc(-c2cc(OC[C@H]3CNC(=O)C3)c3cccnc3c2)cc1OC.COc1ccc(-c2cc(O[C@H](C)[C@H]3CNC(=O)C3)c3cccnc3c2)cc1OC.C[C@@H](Oc1cc(-c2ccccn2)cc2ncccc12)[C@H]1CNC(=O)C1. The molecule has 5 saturated heterocycles. The Hall–Kier alpha value is -16.5. The van der Waals surface area contributed by atoms with E-state index in [1.54, 1.807) is 108 Å². The van der Waals surface area contributed by atoms with E-state index in [1.165, 1.54) is 0 Å². The summed E-state index contributed by atoms with van der Waals surface area (Å²) in [6, 6.07) is 64.6. The third-order valence-electron chi connectivity index (χ3n) is 25.7. The molecule has 5 aliphatic heterocycles. The van der Waals surface area contributed by atoms with Crippen molar-refractivity contribution in [1.29, 1.82) is 0 Å². The van der Waals surface area contributed by atoms with Crippen molar-refractivity contribution in [2.45, 2.75) is 64.6 Å². The van der Waals surface area contributed by atoms with Gasteiger partial charge in [0.25, 0.3) is 0 Å². The van der Waals surface area contributed by atoms with Crippen molar-refractivity contribution in [3.05, 3.63) is 237 Å². The van der Waals surface area contributed by atoms with Crippen molar-refractivity contribution < 1.29 is 95.0 Å². The van der Waals surface area contributed by atoms with Crippen LogP contribution in [-0.2, 0) is 24.0 Å². The van der Waals surface area contributed by atoms with Gasteiger partial charge in [-0.2, -0.15) is 0 Å². The number of methoxy groups -OCH3 is 10. The number of pyridine rings is 6. The van der Waals surface area contributed by atoms with Crippen LogP contribution in [-0.4, -0.2) is 195 Å². The molecule has 0 radical (unpaired) electrons. The minimum absolute atomic E-state index is 0.0682. The maximum absolute atomic E-state index is 11.6. The number of fused-ring (bicyclic) bond motifs is 5. The van der Waals surface area contributed by atoms with Gasteiger partial charge in [-0.1, -0.05) is 18.2 Å². The van der Waals surface area contributed by atoms with E-state index in [0.29, 0.717) is 142 Å². The molecule has 5 N–H and O–H groups in total. The maximum atomic E-state index is 11.6. The number of benzene rings is 9. The van der Waals surface area contributed by atoms with E-state index in [4.69, 9.17) is 71.1 Å². The highest BCUT2D eigenvalue weighted by molar-refractivity contribution is 5.96. The number of amides is 5. The summed E-state index contributed by atoms with van der Waals surface area (Å²) in [5.41, 5.74) is 13.6. The highest BCUT2D eigenvalue weighted by Crippen LogP contribution is 2.47. The van der Waals surface area contributed by atoms with Crippen molar-refractivity contribution in [3.63, 3.8) is 0 Å². The number of carbonyl (C=O) groups is 5. The zero-order valence-corrected chi connectivity index (χ0v) is 81.8. The lowest BCUT2D eigenvalue weighted by molar-refractivity contribution is -0.123. The average Bonchev–Trinajstić information content (AvgIpc) is 1.66. The summed E-state index contributed by atoms with van der Waals surface area (Å²) in [7, 11) is 16.0. The highest BCUT2D eigenvalue weighted by atomic mass is 16.5. The molecule has 0 aliphatic carbocycles. The normalized spacial score (nSPS) is 16.5. The number of ether oxygens (including phenoxy) is 15. The standard InChI is InChI=1S/C24H26N2O5.C23H24N2O5.C23H24N2O4.C22H22N2O4.C20H19N3O2/c1-28-21-11-17(12-22(29-2)24(21)30-3)16-9-19-18(5-4-8-25-19)20(10-16)31-14-15-6-7-23(27)26-13-15;1-27-20-10-16(11-21(28-2)23(20)29-3)15-8-18-17(5-4-6-24-18)19(9-15)30-13-14-7-22(26)25-12-14;1-14(17-12-23(26)25-13-17)29-21-11-16(9-19-18(21)5-4-8-24-19)15-6-7-20(27-2)22(10-15)28-3;1-26-19-6-5-15(10-21(19)27-2)16-9-18-17(4-3-7-23-18)20(11-16)28-13-14-8-22(25)24-12-14;1-13(15-11-20(24)23-12-15)25-19-10-14(17-6-2-3-7-21-17)9-18-16(19)5-4-8-22-18/h4-5,8-12,15H,6-7,13-14H2,1-3H3,(H,26,27);4-6,8-11,14H,7,12-13H2,1-3H3,(H,25,26);4-11,14,17H,12-13H2,1-3H3,(H,25,26);3-7,9-11,14H,8,12-13H2,1-2H3,(H,24,25);2-10,13,15H,11-12H2,1H3,(H,23,24)/t;14-;14-,17-;14-;13-,15-/m.1111/s1. The first-order chi connectivity index (χ1) is 69.7. The second-order valence-corrected chi connectivity index (χ2v) is 35.0. The third kappa shape index (κ3) is 24.2. The second kappa shape index (κ2) is 47.0. The van der Waals surface area contributed by atoms with Crippen LogP contribution in [0.2, 0.25) is 0 Å². The predicted octanol–water partition coefficient (Wildman–Crippen LogP) is 17.7. The number of carbonyl (C=O) groups excluding carboxylic acids is 5. The molecule has 20 rings (SSSR count). The maximum Gasteiger partial charge on any atom is 0.220 e. The molecule has 143 heavy (non-hydrogen) atoms. The van der Waals surface area contributed by atoms with Crippen molar-refractivity contribution in [2.75, 3.05) is 124 Å². The van der Waals surface area contributed by atoms with Gasteiger partial charge in [0.05, 0.1) is 124 Å². The molecule has 11 heterocycles. The third-order valence-corrected chi connectivity index (χ3v) is 25.7. The molecule has 0 spiro atoms. The molecule has 5 aliphatic rings. The number of nitrogens with zero attached hydrogens (tertiary/aromatic N) is 6. The Morgan fingerprint density at radius 3 is 0.881 bits per heavy atom. The Morgan fingerprint density at radius 2 is 0.559 bits per heavy atom. The molecular formula is C112H115N11O20. The fourth-order valence-electron chi connectivity index (χ4n) is 17.8. The van der Waals surface area contributed by atoms with Crippen molar-refractivity contribution >= 4 is 84.1 Å². The number of hydrogen-bond acceptors (Lipinski definition) is 26. The highest BCUT2D eigenvalue weighted by Gasteiger charge is 2.32. The fraction of sp³-hybridized carbons (Fsp3) is 0.295. The summed E-state index contributed by atoms with van der Waals surface area (Å²) < 4.78 is 85.5. The van der Waals surface area contributed by atoms with E-state index in [-0.39, 0.29) is 71.3 Å². The molecule has 5 amide bonds. The zero-order chi connectivity index (χ0) is 100.0. The van der Waals surface area contributed by atoms with Crippen LogP contribution < -0.4 is 97.6 Å². The Labute approximate surface area is 828 Å².